The van der Waals surface area contributed by atoms with Crippen molar-refractivity contribution in [3.63, 3.8) is 0 Å². The summed E-state index contributed by atoms with van der Waals surface area (Å²) in [6.07, 6.45) is -6.21. The number of carbonyl (C=O) groups is 3. The minimum absolute atomic E-state index is 0.00624. The molecule has 2 amide bonds. The predicted molar refractivity (Wildman–Crippen MR) is 111 cm³/mol. The highest BCUT2D eigenvalue weighted by Crippen LogP contribution is 2.41. The first kappa shape index (κ1) is 27.3. The van der Waals surface area contributed by atoms with Crippen molar-refractivity contribution in [2.75, 3.05) is 7.11 Å². The molecule has 2 N–H and O–H groups in total. The maximum atomic E-state index is 13.4. The Balaban J connectivity index is 2.98. The molecule has 0 heterocycles. The maximum Gasteiger partial charge on any atom is 0.408 e. The van der Waals surface area contributed by atoms with E-state index in [9.17, 15) is 27.6 Å². The lowest BCUT2D eigenvalue weighted by Gasteiger charge is -2.32. The number of amides is 2. The van der Waals surface area contributed by atoms with Crippen molar-refractivity contribution < 1.29 is 37.0 Å². The molecule has 0 aliphatic heterocycles. The van der Waals surface area contributed by atoms with Crippen LogP contribution < -0.4 is 10.6 Å². The van der Waals surface area contributed by atoms with Gasteiger partial charge in [-0.2, -0.15) is 13.2 Å². The van der Waals surface area contributed by atoms with E-state index in [2.05, 4.69) is 15.4 Å². The normalized spacial score (nSPS) is 13.8. The zero-order chi connectivity index (χ0) is 24.5. The van der Waals surface area contributed by atoms with Crippen LogP contribution >= 0.6 is 0 Å². The van der Waals surface area contributed by atoms with Gasteiger partial charge in [0.1, 0.15) is 18.7 Å². The summed E-state index contributed by atoms with van der Waals surface area (Å²) in [5.41, 5.74) is -1.62. The highest BCUT2D eigenvalue weighted by molar-refractivity contribution is 5.89. The number of rotatable bonds is 10. The lowest BCUT2D eigenvalue weighted by atomic mass is 9.84. The molecule has 0 saturated carbocycles. The average Bonchev–Trinajstić information content (AvgIpc) is 2.70. The van der Waals surface area contributed by atoms with E-state index in [-0.39, 0.29) is 18.9 Å². The van der Waals surface area contributed by atoms with Crippen LogP contribution in [0.2, 0.25) is 0 Å². The molecule has 1 aromatic carbocycles. The lowest BCUT2D eigenvalue weighted by Crippen LogP contribution is -2.54. The molecule has 7 nitrogen and oxygen atoms in total. The number of benzene rings is 1. The molecule has 10 heteroatoms. The van der Waals surface area contributed by atoms with Crippen molar-refractivity contribution in [1.29, 1.82) is 0 Å². The van der Waals surface area contributed by atoms with Gasteiger partial charge < -0.3 is 20.1 Å². The van der Waals surface area contributed by atoms with Crippen LogP contribution in [0.4, 0.5) is 18.0 Å². The number of nitrogens with one attached hydrogen (secondary N) is 2. The number of hydrogen-bond donors (Lipinski definition) is 2. The van der Waals surface area contributed by atoms with Crippen LogP contribution in [0.15, 0.2) is 30.3 Å². The lowest BCUT2D eigenvalue weighted by molar-refractivity contribution is -0.215. The minimum atomic E-state index is -4.62. The zero-order valence-electron chi connectivity index (χ0n) is 18.9. The Morgan fingerprint density at radius 3 is 2.09 bits per heavy atom. The third-order valence-electron chi connectivity index (χ3n) is 4.81. The molecule has 1 aromatic rings. The topological polar surface area (TPSA) is 93.7 Å². The Kier molecular flexibility index (Phi) is 9.99. The first-order chi connectivity index (χ1) is 14.8. The Morgan fingerprint density at radius 2 is 1.59 bits per heavy atom. The summed E-state index contributed by atoms with van der Waals surface area (Å²) in [6, 6.07) is 6.01. The summed E-state index contributed by atoms with van der Waals surface area (Å²) in [4.78, 5) is 37.1. The van der Waals surface area contributed by atoms with Crippen molar-refractivity contribution in [3.05, 3.63) is 35.9 Å². The molecule has 1 rings (SSSR count). The van der Waals surface area contributed by atoms with Crippen molar-refractivity contribution in [3.8, 4) is 0 Å². The molecule has 0 aromatic heterocycles. The third-order valence-corrected chi connectivity index (χ3v) is 4.81. The summed E-state index contributed by atoms with van der Waals surface area (Å²) in [6.45, 7) is 5.35. The van der Waals surface area contributed by atoms with Gasteiger partial charge >= 0.3 is 18.2 Å². The summed E-state index contributed by atoms with van der Waals surface area (Å²) >= 11 is 0. The van der Waals surface area contributed by atoms with Crippen LogP contribution in [0.25, 0.3) is 0 Å². The Morgan fingerprint density at radius 1 is 1.00 bits per heavy atom. The molecule has 0 spiro atoms. The smallest absolute Gasteiger partial charge is 0.408 e. The second-order valence-corrected chi connectivity index (χ2v) is 8.56. The second-order valence-electron chi connectivity index (χ2n) is 8.56. The van der Waals surface area contributed by atoms with E-state index in [0.717, 1.165) is 21.0 Å². The fraction of sp³-hybridized carbons (Fsp3) is 0.591. The number of methoxy groups -OCH3 is 1. The van der Waals surface area contributed by atoms with E-state index in [1.807, 2.05) is 13.8 Å². The highest BCUT2D eigenvalue weighted by Gasteiger charge is 2.49. The molecule has 0 unspecified atom stereocenters. The number of halogens is 3. The van der Waals surface area contributed by atoms with Gasteiger partial charge in [0, 0.05) is 0 Å². The fourth-order valence-electron chi connectivity index (χ4n) is 2.84. The molecular formula is C22H31F3N2O5. The van der Waals surface area contributed by atoms with Crippen LogP contribution in [-0.4, -0.2) is 43.3 Å². The molecule has 0 fully saturated rings. The Bertz CT molecular complexity index is 767. The first-order valence-corrected chi connectivity index (χ1v) is 10.2. The first-order valence-electron chi connectivity index (χ1n) is 10.2. The highest BCUT2D eigenvalue weighted by atomic mass is 19.4. The molecule has 0 saturated heterocycles. The van der Waals surface area contributed by atoms with Crippen LogP contribution in [-0.2, 0) is 25.7 Å². The van der Waals surface area contributed by atoms with Crippen LogP contribution in [0.3, 0.4) is 0 Å². The van der Waals surface area contributed by atoms with E-state index in [1.54, 1.807) is 30.3 Å². The monoisotopic (exact) mass is 460 g/mol. The van der Waals surface area contributed by atoms with Crippen molar-refractivity contribution in [2.24, 2.45) is 11.3 Å². The minimum Gasteiger partial charge on any atom is -0.467 e. The zero-order valence-corrected chi connectivity index (χ0v) is 18.9. The van der Waals surface area contributed by atoms with Crippen LogP contribution in [0.5, 0.6) is 0 Å². The predicted octanol–water partition coefficient (Wildman–Crippen LogP) is 3.96. The summed E-state index contributed by atoms with van der Waals surface area (Å²) in [5, 5.41) is 4.61. The Hall–Kier alpha value is -2.78. The van der Waals surface area contributed by atoms with Crippen molar-refractivity contribution in [1.82, 2.24) is 10.6 Å². The maximum absolute atomic E-state index is 13.4. The number of ether oxygens (including phenoxy) is 2. The number of hydrogen-bond acceptors (Lipinski definition) is 5. The summed E-state index contributed by atoms with van der Waals surface area (Å²) in [7, 11) is 1.14. The molecule has 0 aliphatic carbocycles. The van der Waals surface area contributed by atoms with E-state index in [4.69, 9.17) is 4.74 Å². The van der Waals surface area contributed by atoms with E-state index < -0.39 is 48.1 Å². The van der Waals surface area contributed by atoms with E-state index in [0.29, 0.717) is 5.56 Å². The van der Waals surface area contributed by atoms with Gasteiger partial charge in [-0.15, -0.1) is 0 Å². The molecule has 32 heavy (non-hydrogen) atoms. The van der Waals surface area contributed by atoms with Crippen molar-refractivity contribution in [2.45, 2.75) is 65.4 Å². The summed E-state index contributed by atoms with van der Waals surface area (Å²) < 4.78 is 50.0. The SMILES string of the molecule is COC(=O)[C@H](CC(C)C)NC(=O)[C@@H](CC(C)(C)C(F)(F)F)NC(=O)OCc1ccccc1. The molecule has 0 aliphatic rings. The van der Waals surface area contributed by atoms with Gasteiger partial charge in [0.05, 0.1) is 12.5 Å². The second kappa shape index (κ2) is 11.7. The van der Waals surface area contributed by atoms with Gasteiger partial charge in [0.2, 0.25) is 5.91 Å². The fourth-order valence-corrected chi connectivity index (χ4v) is 2.84. The van der Waals surface area contributed by atoms with Gasteiger partial charge in [-0.1, -0.05) is 58.0 Å². The van der Waals surface area contributed by atoms with Gasteiger partial charge in [0.15, 0.2) is 0 Å². The van der Waals surface area contributed by atoms with Gasteiger partial charge in [-0.05, 0) is 24.3 Å². The molecule has 0 radical (unpaired) electrons. The number of esters is 1. The number of alkyl carbamates (subject to hydrolysis) is 1. The van der Waals surface area contributed by atoms with Crippen LogP contribution in [0, 0.1) is 11.3 Å². The average molecular weight is 460 g/mol. The largest absolute Gasteiger partial charge is 0.467 e. The van der Waals surface area contributed by atoms with Gasteiger partial charge in [-0.3, -0.25) is 4.79 Å². The van der Waals surface area contributed by atoms with Crippen LogP contribution in [0.1, 0.15) is 46.1 Å². The standard InChI is InChI=1S/C22H31F3N2O5/c1-14(2)11-16(19(29)31-5)26-18(28)17(12-21(3,4)22(23,24)25)27-20(30)32-13-15-9-7-6-8-10-15/h6-10,14,16-17H,11-13H2,1-5H3,(H,26,28)(H,27,30)/t16-,17+/m0/s1. The van der Waals surface area contributed by atoms with Gasteiger partial charge in [-0.25, -0.2) is 9.59 Å². The number of alkyl halides is 3. The number of carbonyl (C=O) groups excluding carboxylic acids is 3. The van der Waals surface area contributed by atoms with Gasteiger partial charge in [0.25, 0.3) is 0 Å². The summed E-state index contributed by atoms with van der Waals surface area (Å²) in [5.74, 6) is -1.67. The molecular weight excluding hydrogens is 429 g/mol. The molecule has 0 bridgehead atoms. The van der Waals surface area contributed by atoms with Crippen molar-refractivity contribution >= 4 is 18.0 Å². The van der Waals surface area contributed by atoms with E-state index >= 15 is 0 Å². The third kappa shape index (κ3) is 8.76. The molecule has 2 atom stereocenters. The molecule has 180 valence electrons. The van der Waals surface area contributed by atoms with E-state index in [1.165, 1.54) is 0 Å². The Labute approximate surface area is 186 Å². The quantitative estimate of drug-likeness (QED) is 0.516.